The number of carbonyl (C=O) groups excluding carboxylic acids is 4. The molecule has 1 aromatic rings. The Morgan fingerprint density at radius 3 is 2.42 bits per heavy atom. The van der Waals surface area contributed by atoms with Gasteiger partial charge in [-0.25, -0.2) is 4.79 Å². The summed E-state index contributed by atoms with van der Waals surface area (Å²) in [5, 5.41) is 15.4. The molecular weight excluding hydrogens is 765 g/mol. The van der Waals surface area contributed by atoms with Gasteiger partial charge in [-0.3, -0.25) is 14.4 Å². The van der Waals surface area contributed by atoms with E-state index in [1.54, 1.807) is 26.8 Å². The summed E-state index contributed by atoms with van der Waals surface area (Å²) in [6, 6.07) is 7.03. The average molecular weight is 831 g/mol. The van der Waals surface area contributed by atoms with Gasteiger partial charge in [0, 0.05) is 43.2 Å². The van der Waals surface area contributed by atoms with Gasteiger partial charge in [0.2, 0.25) is 11.8 Å². The molecule has 0 spiro atoms. The van der Waals surface area contributed by atoms with Crippen molar-refractivity contribution in [2.24, 2.45) is 29.1 Å². The first kappa shape index (κ1) is 43.1. The number of ether oxygens (including phenoxy) is 5. The van der Waals surface area contributed by atoms with Gasteiger partial charge < -0.3 is 39.4 Å². The van der Waals surface area contributed by atoms with Crippen LogP contribution < -0.4 is 10.6 Å². The van der Waals surface area contributed by atoms with Crippen LogP contribution in [0.15, 0.2) is 41.5 Å². The molecule has 2 amide bonds. The molecule has 8 rings (SSSR count). The van der Waals surface area contributed by atoms with Gasteiger partial charge in [0.05, 0.1) is 29.9 Å². The van der Waals surface area contributed by atoms with E-state index in [4.69, 9.17) is 23.7 Å². The average Bonchev–Trinajstić information content (AvgIpc) is 4.10. The van der Waals surface area contributed by atoms with Gasteiger partial charge in [-0.05, 0) is 133 Å². The molecule has 12 heteroatoms. The van der Waals surface area contributed by atoms with Crippen LogP contribution in [0, 0.1) is 29.1 Å². The lowest BCUT2D eigenvalue weighted by molar-refractivity contribution is -0.209. The molecule has 60 heavy (non-hydrogen) atoms. The number of nitrogens with one attached hydrogen (secondary N) is 2. The maximum Gasteiger partial charge on any atom is 0.338 e. The van der Waals surface area contributed by atoms with E-state index in [9.17, 15) is 24.3 Å². The molecule has 8 unspecified atom stereocenters. The standard InChI is InChI=1S/C48H66N2O10/c1-45(2,3)59-41(53)17-15-34(27-51)50-40(52)19-21-49-43(54)31-24-37(42-38(25-31)57-48(60-42,32-11-12-32)33-13-14-33)56-44(55)30-9-7-8-28(23-30)22-29-10-16-39-47(6,58-39)20-18-36-35(29)26-46(36,4)5/h7-9,22-23,25,32-39,42,51H,10-21,24,26-27H2,1-6H3,(H,49,54)(H,50,52). The van der Waals surface area contributed by atoms with Crippen molar-refractivity contribution in [2.45, 2.75) is 172 Å². The molecule has 0 bridgehead atoms. The van der Waals surface area contributed by atoms with Crippen molar-refractivity contribution >= 4 is 29.8 Å². The zero-order valence-corrected chi connectivity index (χ0v) is 36.4. The Labute approximate surface area is 354 Å². The number of hydrogen-bond acceptors (Lipinski definition) is 10. The Balaban J connectivity index is 0.919. The molecule has 2 saturated heterocycles. The summed E-state index contributed by atoms with van der Waals surface area (Å²) in [4.78, 5) is 52.6. The Morgan fingerprint density at radius 2 is 1.73 bits per heavy atom. The van der Waals surface area contributed by atoms with E-state index in [-0.39, 0.29) is 68.1 Å². The van der Waals surface area contributed by atoms with E-state index in [2.05, 4.69) is 43.5 Å². The van der Waals surface area contributed by atoms with Crippen molar-refractivity contribution in [3.8, 4) is 0 Å². The van der Waals surface area contributed by atoms with Crippen molar-refractivity contribution in [3.05, 3.63) is 52.6 Å². The normalized spacial score (nSPS) is 32.6. The molecule has 2 heterocycles. The second kappa shape index (κ2) is 16.6. The third-order valence-electron chi connectivity index (χ3n) is 14.2. The summed E-state index contributed by atoms with van der Waals surface area (Å²) in [7, 11) is 0. The molecule has 12 nitrogen and oxygen atoms in total. The first-order valence-electron chi connectivity index (χ1n) is 22.6. The van der Waals surface area contributed by atoms with E-state index in [1.807, 2.05) is 18.2 Å². The number of carbonyl (C=O) groups is 4. The fourth-order valence-electron chi connectivity index (χ4n) is 10.5. The highest BCUT2D eigenvalue weighted by Crippen LogP contribution is 2.61. The van der Waals surface area contributed by atoms with Crippen molar-refractivity contribution in [1.29, 1.82) is 0 Å². The lowest BCUT2D eigenvalue weighted by Crippen LogP contribution is -2.45. The van der Waals surface area contributed by atoms with E-state index >= 15 is 0 Å². The predicted molar refractivity (Wildman–Crippen MR) is 223 cm³/mol. The molecule has 7 aliphatic rings. The summed E-state index contributed by atoms with van der Waals surface area (Å²) in [6.07, 6.45) is 12.5. The summed E-state index contributed by atoms with van der Waals surface area (Å²) >= 11 is 0. The quantitative estimate of drug-likeness (QED) is 0.136. The van der Waals surface area contributed by atoms with Crippen LogP contribution >= 0.6 is 0 Å². The van der Waals surface area contributed by atoms with Crippen LogP contribution in [0.1, 0.15) is 141 Å². The monoisotopic (exact) mass is 830 g/mol. The first-order valence-corrected chi connectivity index (χ1v) is 22.6. The van der Waals surface area contributed by atoms with Gasteiger partial charge in [0.25, 0.3) is 0 Å². The third-order valence-corrected chi connectivity index (χ3v) is 14.2. The van der Waals surface area contributed by atoms with Crippen molar-refractivity contribution in [1.82, 2.24) is 10.6 Å². The summed E-state index contributed by atoms with van der Waals surface area (Å²) < 4.78 is 31.4. The van der Waals surface area contributed by atoms with Crippen molar-refractivity contribution in [3.63, 3.8) is 0 Å². The molecule has 328 valence electrons. The van der Waals surface area contributed by atoms with Gasteiger partial charge in [0.1, 0.15) is 23.9 Å². The molecule has 1 aromatic carbocycles. The summed E-state index contributed by atoms with van der Waals surface area (Å²) in [6.45, 7) is 12.1. The predicted octanol–water partition coefficient (Wildman–Crippen LogP) is 6.72. The second-order valence-corrected chi connectivity index (χ2v) is 20.6. The Kier molecular flexibility index (Phi) is 11.9. The van der Waals surface area contributed by atoms with Crippen LogP contribution in [-0.4, -0.2) is 89.5 Å². The zero-order valence-electron chi connectivity index (χ0n) is 36.4. The van der Waals surface area contributed by atoms with Crippen molar-refractivity contribution < 1.29 is 48.0 Å². The number of esters is 2. The van der Waals surface area contributed by atoms with E-state index in [1.165, 1.54) is 18.4 Å². The highest BCUT2D eigenvalue weighted by atomic mass is 16.8. The highest BCUT2D eigenvalue weighted by molar-refractivity contribution is 5.94. The lowest BCUT2D eigenvalue weighted by Gasteiger charge is -2.53. The minimum atomic E-state index is -0.756. The van der Waals surface area contributed by atoms with Gasteiger partial charge in [-0.15, -0.1) is 0 Å². The van der Waals surface area contributed by atoms with Crippen LogP contribution in [0.2, 0.25) is 0 Å². The molecule has 2 aliphatic heterocycles. The smallest absolute Gasteiger partial charge is 0.338 e. The molecule has 6 fully saturated rings. The number of aliphatic hydroxyl groups is 1. The Hall–Kier alpha value is -3.58. The largest absolute Gasteiger partial charge is 0.460 e. The number of aliphatic hydroxyl groups excluding tert-OH is 1. The molecule has 0 aromatic heterocycles. The van der Waals surface area contributed by atoms with Crippen LogP contribution in [0.4, 0.5) is 0 Å². The molecule has 0 radical (unpaired) electrons. The first-order chi connectivity index (χ1) is 28.4. The maximum absolute atomic E-state index is 14.1. The number of fused-ring (bicyclic) bond motifs is 3. The minimum Gasteiger partial charge on any atom is -0.460 e. The topological polar surface area (TPSA) is 162 Å². The number of benzene rings is 1. The van der Waals surface area contributed by atoms with Gasteiger partial charge in [-0.2, -0.15) is 0 Å². The molecule has 3 N–H and O–H groups in total. The fourth-order valence-corrected chi connectivity index (χ4v) is 10.5. The van der Waals surface area contributed by atoms with Gasteiger partial charge >= 0.3 is 11.9 Å². The summed E-state index contributed by atoms with van der Waals surface area (Å²) in [5.41, 5.74) is 2.97. The highest BCUT2D eigenvalue weighted by Gasteiger charge is 2.64. The van der Waals surface area contributed by atoms with Crippen LogP contribution in [0.5, 0.6) is 0 Å². The fraction of sp³-hybridized carbons (Fsp3) is 0.708. The third kappa shape index (κ3) is 9.57. The SMILES string of the molecule is CC(C)(C)OC(=O)CCC(CO)NC(=O)CCNC(=O)C1=CC2OC(C3CC3)(C3CC3)OC2C(OC(=O)c2cccc(C=C3CCC4OC4(C)CCC4C3CC4(C)C)c2)C1. The molecule has 4 saturated carbocycles. The lowest BCUT2D eigenvalue weighted by atomic mass is 9.52. The Bertz CT molecular complexity index is 1880. The number of rotatable bonds is 14. The summed E-state index contributed by atoms with van der Waals surface area (Å²) in [5.74, 6) is -0.633. The van der Waals surface area contributed by atoms with Crippen LogP contribution in [-0.2, 0) is 38.1 Å². The number of amides is 2. The zero-order chi connectivity index (χ0) is 42.6. The van der Waals surface area contributed by atoms with E-state index in [0.717, 1.165) is 50.5 Å². The molecule has 5 aliphatic carbocycles. The van der Waals surface area contributed by atoms with Gasteiger partial charge in [0.15, 0.2) is 5.79 Å². The van der Waals surface area contributed by atoms with E-state index in [0.29, 0.717) is 34.5 Å². The maximum atomic E-state index is 14.1. The molecule has 8 atom stereocenters. The number of allylic oxidation sites excluding steroid dienone is 1. The van der Waals surface area contributed by atoms with Crippen LogP contribution in [0.3, 0.4) is 0 Å². The Morgan fingerprint density at radius 1 is 0.983 bits per heavy atom. The number of epoxide rings is 1. The van der Waals surface area contributed by atoms with Gasteiger partial charge in [-0.1, -0.05) is 37.6 Å². The molecular formula is C48H66N2O10. The second-order valence-electron chi connectivity index (χ2n) is 20.6. The van der Waals surface area contributed by atoms with Crippen LogP contribution in [0.25, 0.3) is 6.08 Å². The number of hydrogen-bond donors (Lipinski definition) is 3. The minimum absolute atomic E-state index is 0.0159. The van der Waals surface area contributed by atoms with E-state index < -0.39 is 47.7 Å². The van der Waals surface area contributed by atoms with Crippen molar-refractivity contribution in [2.75, 3.05) is 13.2 Å².